The maximum Gasteiger partial charge on any atom is 0.129 e. The fourth-order valence-electron chi connectivity index (χ4n) is 2.13. The summed E-state index contributed by atoms with van der Waals surface area (Å²) in [5.41, 5.74) is 2.78. The fourth-order valence-corrected chi connectivity index (χ4v) is 2.25. The number of hydrogen-bond donors (Lipinski definition) is 1. The second kappa shape index (κ2) is 5.78. The van der Waals surface area contributed by atoms with Crippen LogP contribution in [-0.2, 0) is 6.54 Å². The van der Waals surface area contributed by atoms with E-state index < -0.39 is 0 Å². The molecule has 0 bridgehead atoms. The summed E-state index contributed by atoms with van der Waals surface area (Å²) in [6.45, 7) is 10.3. The average molecular weight is 310 g/mol. The van der Waals surface area contributed by atoms with Crippen LogP contribution in [0, 0.1) is 19.7 Å². The quantitative estimate of drug-likeness (QED) is 0.922. The highest BCUT2D eigenvalue weighted by molar-refractivity contribution is 6.31. The van der Waals surface area contributed by atoms with Crippen LogP contribution >= 0.6 is 11.6 Å². The molecule has 3 nitrogen and oxygen atoms in total. The van der Waals surface area contributed by atoms with Crippen molar-refractivity contribution in [1.82, 2.24) is 15.1 Å². The van der Waals surface area contributed by atoms with E-state index in [-0.39, 0.29) is 11.4 Å². The van der Waals surface area contributed by atoms with Gasteiger partial charge in [0.1, 0.15) is 5.82 Å². The highest BCUT2D eigenvalue weighted by Crippen LogP contribution is 2.25. The summed E-state index contributed by atoms with van der Waals surface area (Å²) in [7, 11) is 0. The number of aryl methyl sites for hydroxylation is 1. The lowest BCUT2D eigenvalue weighted by Gasteiger charge is -2.22. The van der Waals surface area contributed by atoms with Gasteiger partial charge in [-0.2, -0.15) is 5.10 Å². The van der Waals surface area contributed by atoms with Crippen molar-refractivity contribution >= 4 is 11.6 Å². The molecular formula is C16H21ClFN3. The molecule has 0 unspecified atom stereocenters. The van der Waals surface area contributed by atoms with Crippen molar-refractivity contribution in [3.63, 3.8) is 0 Å². The number of hydrogen-bond acceptors (Lipinski definition) is 2. The molecule has 114 valence electrons. The van der Waals surface area contributed by atoms with E-state index in [1.165, 1.54) is 6.07 Å². The van der Waals surface area contributed by atoms with E-state index in [2.05, 4.69) is 10.4 Å². The number of halogens is 2. The van der Waals surface area contributed by atoms with Crippen LogP contribution in [0.1, 0.15) is 37.7 Å². The van der Waals surface area contributed by atoms with E-state index in [1.54, 1.807) is 10.7 Å². The van der Waals surface area contributed by atoms with Gasteiger partial charge in [0.2, 0.25) is 0 Å². The van der Waals surface area contributed by atoms with Gasteiger partial charge < -0.3 is 5.32 Å². The molecule has 2 aromatic rings. The van der Waals surface area contributed by atoms with Crippen LogP contribution in [0.15, 0.2) is 18.2 Å². The van der Waals surface area contributed by atoms with Gasteiger partial charge in [-0.15, -0.1) is 0 Å². The molecule has 0 saturated carbocycles. The van der Waals surface area contributed by atoms with Crippen LogP contribution in [0.2, 0.25) is 5.02 Å². The Morgan fingerprint density at radius 1 is 1.29 bits per heavy atom. The van der Waals surface area contributed by atoms with Gasteiger partial charge in [-0.3, -0.25) is 0 Å². The number of nitrogens with zero attached hydrogens (tertiary/aromatic N) is 2. The van der Waals surface area contributed by atoms with Gasteiger partial charge >= 0.3 is 0 Å². The van der Waals surface area contributed by atoms with Gasteiger partial charge in [0, 0.05) is 17.6 Å². The Hall–Kier alpha value is -1.39. The van der Waals surface area contributed by atoms with Crippen molar-refractivity contribution in [3.05, 3.63) is 46.0 Å². The number of benzene rings is 1. The lowest BCUT2D eigenvalue weighted by Crippen LogP contribution is -2.35. The minimum atomic E-state index is -0.243. The van der Waals surface area contributed by atoms with Crippen LogP contribution in [0.5, 0.6) is 0 Å². The van der Waals surface area contributed by atoms with Crippen LogP contribution < -0.4 is 5.32 Å². The first-order valence-corrected chi connectivity index (χ1v) is 7.33. The number of aromatic nitrogens is 2. The molecule has 0 atom stereocenters. The zero-order valence-electron chi connectivity index (χ0n) is 13.1. The van der Waals surface area contributed by atoms with E-state index in [0.29, 0.717) is 17.1 Å². The van der Waals surface area contributed by atoms with Gasteiger partial charge in [-0.25, -0.2) is 9.07 Å². The minimum Gasteiger partial charge on any atom is -0.308 e. The third kappa shape index (κ3) is 3.44. The van der Waals surface area contributed by atoms with Gasteiger partial charge in [0.15, 0.2) is 0 Å². The lowest BCUT2D eigenvalue weighted by molar-refractivity contribution is 0.418. The van der Waals surface area contributed by atoms with Crippen molar-refractivity contribution in [1.29, 1.82) is 0 Å². The molecule has 0 fully saturated rings. The second-order valence-electron chi connectivity index (χ2n) is 6.24. The maximum atomic E-state index is 14.2. The topological polar surface area (TPSA) is 29.9 Å². The van der Waals surface area contributed by atoms with E-state index in [1.807, 2.05) is 40.7 Å². The normalized spacial score (nSPS) is 12.0. The van der Waals surface area contributed by atoms with Crippen molar-refractivity contribution in [2.75, 3.05) is 0 Å². The first kappa shape index (κ1) is 16.0. The van der Waals surface area contributed by atoms with Crippen LogP contribution in [-0.4, -0.2) is 15.3 Å². The second-order valence-corrected chi connectivity index (χ2v) is 6.62. The monoisotopic (exact) mass is 309 g/mol. The van der Waals surface area contributed by atoms with Crippen LogP contribution in [0.25, 0.3) is 5.69 Å². The van der Waals surface area contributed by atoms with Gasteiger partial charge in [0.05, 0.1) is 22.1 Å². The predicted molar refractivity (Wildman–Crippen MR) is 84.6 cm³/mol. The van der Waals surface area contributed by atoms with Gasteiger partial charge in [-0.05, 0) is 46.8 Å². The van der Waals surface area contributed by atoms with Gasteiger partial charge in [0.25, 0.3) is 0 Å². The zero-order chi connectivity index (χ0) is 15.8. The molecule has 1 aromatic heterocycles. The molecule has 1 N–H and O–H groups in total. The summed E-state index contributed by atoms with van der Waals surface area (Å²) in [4.78, 5) is 0. The van der Waals surface area contributed by atoms with E-state index in [0.717, 1.165) is 17.1 Å². The molecule has 1 heterocycles. The Morgan fingerprint density at radius 3 is 2.48 bits per heavy atom. The summed E-state index contributed by atoms with van der Waals surface area (Å²) in [5.74, 6) is -0.243. The predicted octanol–water partition coefficient (Wildman–Crippen LogP) is 4.17. The Labute approximate surface area is 130 Å². The van der Waals surface area contributed by atoms with Crippen LogP contribution in [0.4, 0.5) is 4.39 Å². The minimum absolute atomic E-state index is 0.0910. The summed E-state index contributed by atoms with van der Waals surface area (Å²) in [6, 6.07) is 5.02. The van der Waals surface area contributed by atoms with Crippen molar-refractivity contribution in [2.24, 2.45) is 0 Å². The van der Waals surface area contributed by atoms with E-state index >= 15 is 0 Å². The Kier molecular flexibility index (Phi) is 4.40. The average Bonchev–Trinajstić information content (AvgIpc) is 2.64. The zero-order valence-corrected chi connectivity index (χ0v) is 13.8. The van der Waals surface area contributed by atoms with E-state index in [4.69, 9.17) is 11.6 Å². The Bertz CT molecular complexity index is 656. The van der Waals surface area contributed by atoms with Crippen molar-refractivity contribution in [3.8, 4) is 5.69 Å². The maximum absolute atomic E-state index is 14.2. The smallest absolute Gasteiger partial charge is 0.129 e. The number of rotatable bonds is 3. The van der Waals surface area contributed by atoms with Gasteiger partial charge in [-0.1, -0.05) is 17.7 Å². The molecule has 0 aliphatic rings. The first-order chi connectivity index (χ1) is 9.70. The third-order valence-electron chi connectivity index (χ3n) is 3.32. The highest BCUT2D eigenvalue weighted by atomic mass is 35.5. The summed E-state index contributed by atoms with van der Waals surface area (Å²) >= 11 is 6.20. The highest BCUT2D eigenvalue weighted by Gasteiger charge is 2.18. The molecule has 0 aliphatic heterocycles. The van der Waals surface area contributed by atoms with Crippen molar-refractivity contribution in [2.45, 2.75) is 46.7 Å². The molecule has 2 rings (SSSR count). The lowest BCUT2D eigenvalue weighted by atomic mass is 10.1. The Balaban J connectivity index is 2.49. The fraction of sp³-hybridized carbons (Fsp3) is 0.438. The number of nitrogens with one attached hydrogen (secondary N) is 1. The Morgan fingerprint density at radius 2 is 1.95 bits per heavy atom. The SMILES string of the molecule is Cc1nn(-c2cccc(F)c2CNC(C)(C)C)c(C)c1Cl. The molecule has 5 heteroatoms. The molecule has 21 heavy (non-hydrogen) atoms. The molecular weight excluding hydrogens is 289 g/mol. The third-order valence-corrected chi connectivity index (χ3v) is 3.87. The largest absolute Gasteiger partial charge is 0.308 e. The summed E-state index contributed by atoms with van der Waals surface area (Å²) < 4.78 is 15.9. The molecule has 0 radical (unpaired) electrons. The molecule has 0 aliphatic carbocycles. The standard InChI is InChI=1S/C16H21ClFN3/c1-10-15(17)11(2)21(20-10)14-8-6-7-13(18)12(14)9-19-16(3,4)5/h6-8,19H,9H2,1-5H3. The molecule has 1 aromatic carbocycles. The molecule has 0 saturated heterocycles. The summed E-state index contributed by atoms with van der Waals surface area (Å²) in [6.07, 6.45) is 0. The van der Waals surface area contributed by atoms with Crippen molar-refractivity contribution < 1.29 is 4.39 Å². The molecule has 0 amide bonds. The first-order valence-electron chi connectivity index (χ1n) is 6.95. The summed E-state index contributed by atoms with van der Waals surface area (Å²) in [5, 5.41) is 8.35. The van der Waals surface area contributed by atoms with Crippen LogP contribution in [0.3, 0.4) is 0 Å². The van der Waals surface area contributed by atoms with E-state index in [9.17, 15) is 4.39 Å². The molecule has 0 spiro atoms.